The molecule has 0 saturated carbocycles. The lowest BCUT2D eigenvalue weighted by Gasteiger charge is -2.31. The molecule has 10 heteroatoms. The third-order valence-electron chi connectivity index (χ3n) is 7.11. The number of ether oxygens (including phenoxy) is 1. The molecule has 0 spiro atoms. The maximum Gasteiger partial charge on any atom is 0.262 e. The van der Waals surface area contributed by atoms with E-state index in [9.17, 15) is 18.4 Å². The number of carbonyl (C=O) groups is 2. The molecular weight excluding hydrogens is 538 g/mol. The second kappa shape index (κ2) is 12.7. The van der Waals surface area contributed by atoms with Crippen molar-refractivity contribution in [3.63, 3.8) is 0 Å². The zero-order chi connectivity index (χ0) is 28.1. The van der Waals surface area contributed by atoms with E-state index >= 15 is 0 Å². The number of hydrogen-bond donors (Lipinski definition) is 0. The number of benzene rings is 3. The number of morpholine rings is 1. The van der Waals surface area contributed by atoms with Crippen LogP contribution in [0.3, 0.4) is 0 Å². The zero-order valence-electron chi connectivity index (χ0n) is 21.8. The van der Waals surface area contributed by atoms with Gasteiger partial charge in [0.2, 0.25) is 0 Å². The molecule has 3 aromatic rings. The van der Waals surface area contributed by atoms with Gasteiger partial charge in [-0.05, 0) is 35.9 Å². The molecule has 0 bridgehead atoms. The van der Waals surface area contributed by atoms with Gasteiger partial charge in [-0.3, -0.25) is 14.5 Å². The normalized spacial score (nSPS) is 17.5. The van der Waals surface area contributed by atoms with Gasteiger partial charge in [0.15, 0.2) is 0 Å². The highest BCUT2D eigenvalue weighted by Gasteiger charge is 2.35. The molecule has 0 aliphatic carbocycles. The molecule has 2 aliphatic heterocycles. The maximum absolute atomic E-state index is 14.7. The Bertz CT molecular complexity index is 1400. The fraction of sp³-hybridized carbons (Fsp3) is 0.300. The predicted octanol–water partition coefficient (Wildman–Crippen LogP) is 4.77. The number of halogens is 3. The van der Waals surface area contributed by atoms with Crippen molar-refractivity contribution in [1.29, 1.82) is 0 Å². The van der Waals surface area contributed by atoms with Gasteiger partial charge in [-0.1, -0.05) is 54.1 Å². The molecule has 0 aromatic heterocycles. The Kier molecular flexibility index (Phi) is 8.84. The van der Waals surface area contributed by atoms with Gasteiger partial charge in [-0.2, -0.15) is 5.10 Å². The highest BCUT2D eigenvalue weighted by Crippen LogP contribution is 2.34. The largest absolute Gasteiger partial charge is 0.379 e. The smallest absolute Gasteiger partial charge is 0.262 e. The van der Waals surface area contributed by atoms with Crippen LogP contribution < -0.4 is 0 Å². The van der Waals surface area contributed by atoms with Gasteiger partial charge in [0.1, 0.15) is 18.2 Å². The molecule has 7 nitrogen and oxygen atoms in total. The van der Waals surface area contributed by atoms with Gasteiger partial charge in [-0.25, -0.2) is 13.8 Å². The van der Waals surface area contributed by atoms with Crippen molar-refractivity contribution in [1.82, 2.24) is 14.8 Å². The van der Waals surface area contributed by atoms with Crippen LogP contribution >= 0.6 is 11.6 Å². The third-order valence-corrected chi connectivity index (χ3v) is 7.36. The van der Waals surface area contributed by atoms with Gasteiger partial charge in [0.05, 0.1) is 30.5 Å². The Balaban J connectivity index is 1.43. The number of rotatable bonds is 8. The van der Waals surface area contributed by atoms with Crippen LogP contribution in [0.15, 0.2) is 77.9 Å². The summed E-state index contributed by atoms with van der Waals surface area (Å²) in [5.74, 6) is -2.14. The van der Waals surface area contributed by atoms with Gasteiger partial charge in [0, 0.05) is 43.2 Å². The first kappa shape index (κ1) is 27.9. The van der Waals surface area contributed by atoms with Crippen LogP contribution in [0.25, 0.3) is 0 Å². The number of hydrogen-bond acceptors (Lipinski definition) is 5. The van der Waals surface area contributed by atoms with E-state index in [1.165, 1.54) is 34.2 Å². The highest BCUT2D eigenvalue weighted by atomic mass is 35.5. The van der Waals surface area contributed by atoms with Crippen molar-refractivity contribution < 1.29 is 23.1 Å². The summed E-state index contributed by atoms with van der Waals surface area (Å²) in [6, 6.07) is 18.5. The zero-order valence-corrected chi connectivity index (χ0v) is 22.6. The molecule has 3 aromatic carbocycles. The van der Waals surface area contributed by atoms with Crippen LogP contribution in [0.5, 0.6) is 0 Å². The van der Waals surface area contributed by atoms with Crippen LogP contribution in [-0.4, -0.2) is 78.3 Å². The summed E-state index contributed by atoms with van der Waals surface area (Å²) < 4.78 is 34.7. The second-order valence-corrected chi connectivity index (χ2v) is 10.1. The molecule has 5 rings (SSSR count). The number of hydrazone groups is 1. The van der Waals surface area contributed by atoms with Crippen molar-refractivity contribution in [2.45, 2.75) is 12.5 Å². The van der Waals surface area contributed by atoms with Crippen molar-refractivity contribution in [3.8, 4) is 0 Å². The molecule has 2 aliphatic rings. The summed E-state index contributed by atoms with van der Waals surface area (Å²) in [5, 5.41) is 6.39. The van der Waals surface area contributed by atoms with E-state index in [1.807, 2.05) is 0 Å². The van der Waals surface area contributed by atoms with E-state index in [-0.39, 0.29) is 25.1 Å². The molecule has 2 heterocycles. The van der Waals surface area contributed by atoms with Crippen LogP contribution in [0.1, 0.15) is 33.9 Å². The van der Waals surface area contributed by atoms with E-state index in [2.05, 4.69) is 10.0 Å². The molecule has 40 heavy (non-hydrogen) atoms. The van der Waals surface area contributed by atoms with Crippen molar-refractivity contribution >= 4 is 29.1 Å². The standard InChI is InChI=1S/C30H29ClF2N4O3/c31-22-11-9-21(10-12-22)28-19-27(23-5-1-3-7-25(23)32)34-37(28)29(38)20-36(14-13-35-15-17-40-18-16-35)30(39)24-6-2-4-8-26(24)33/h1-12,28H,13-20H2/t28-/m0/s1. The van der Waals surface area contributed by atoms with E-state index in [0.29, 0.717) is 49.1 Å². The summed E-state index contributed by atoms with van der Waals surface area (Å²) in [6.07, 6.45) is 0.281. The summed E-state index contributed by atoms with van der Waals surface area (Å²) in [7, 11) is 0. The predicted molar refractivity (Wildman–Crippen MR) is 148 cm³/mol. The molecular formula is C30H29ClF2N4O3. The van der Waals surface area contributed by atoms with Crippen LogP contribution in [0.2, 0.25) is 5.02 Å². The lowest BCUT2D eigenvalue weighted by atomic mass is 9.98. The maximum atomic E-state index is 14.7. The van der Waals surface area contributed by atoms with E-state index in [0.717, 1.165) is 5.56 Å². The van der Waals surface area contributed by atoms with E-state index < -0.39 is 29.5 Å². The Hall–Kier alpha value is -3.66. The average molecular weight is 567 g/mol. The van der Waals surface area contributed by atoms with Crippen molar-refractivity contribution in [3.05, 3.63) is 106 Å². The third kappa shape index (κ3) is 6.38. The summed E-state index contributed by atoms with van der Waals surface area (Å²) in [4.78, 5) is 30.8. The number of carbonyl (C=O) groups excluding carboxylic acids is 2. The minimum absolute atomic E-state index is 0.108. The Labute approximate surface area is 236 Å². The monoisotopic (exact) mass is 566 g/mol. The number of nitrogens with zero attached hydrogens (tertiary/aromatic N) is 4. The van der Waals surface area contributed by atoms with Gasteiger partial charge in [0.25, 0.3) is 11.8 Å². The molecule has 1 saturated heterocycles. The van der Waals surface area contributed by atoms with Gasteiger partial charge < -0.3 is 9.64 Å². The summed E-state index contributed by atoms with van der Waals surface area (Å²) >= 11 is 6.09. The van der Waals surface area contributed by atoms with Crippen LogP contribution in [-0.2, 0) is 9.53 Å². The SMILES string of the molecule is O=C(c1ccccc1F)N(CCN1CCOCC1)CC(=O)N1N=C(c2ccccc2F)C[C@H]1c1ccc(Cl)cc1. The Morgan fingerprint density at radius 3 is 2.33 bits per heavy atom. The minimum Gasteiger partial charge on any atom is -0.379 e. The van der Waals surface area contributed by atoms with E-state index in [1.54, 1.807) is 48.5 Å². The average Bonchev–Trinajstić information content (AvgIpc) is 3.42. The molecule has 1 fully saturated rings. The number of amides is 2. The van der Waals surface area contributed by atoms with Crippen LogP contribution in [0.4, 0.5) is 8.78 Å². The first-order valence-electron chi connectivity index (χ1n) is 13.1. The van der Waals surface area contributed by atoms with E-state index in [4.69, 9.17) is 16.3 Å². The first-order valence-corrected chi connectivity index (χ1v) is 13.5. The molecule has 0 radical (unpaired) electrons. The molecule has 0 N–H and O–H groups in total. The van der Waals surface area contributed by atoms with Crippen molar-refractivity contribution in [2.24, 2.45) is 5.10 Å². The van der Waals surface area contributed by atoms with Gasteiger partial charge >= 0.3 is 0 Å². The summed E-state index contributed by atoms with van der Waals surface area (Å²) in [5.41, 5.74) is 1.40. The second-order valence-electron chi connectivity index (χ2n) is 9.70. The molecule has 2 amide bonds. The topological polar surface area (TPSA) is 65.5 Å². The highest BCUT2D eigenvalue weighted by molar-refractivity contribution is 6.30. The minimum atomic E-state index is -0.656. The van der Waals surface area contributed by atoms with Crippen molar-refractivity contribution in [2.75, 3.05) is 45.9 Å². The fourth-order valence-electron chi connectivity index (χ4n) is 4.92. The van der Waals surface area contributed by atoms with Crippen LogP contribution in [0, 0.1) is 11.6 Å². The first-order chi connectivity index (χ1) is 19.4. The quantitative estimate of drug-likeness (QED) is 0.394. The molecule has 208 valence electrons. The Morgan fingerprint density at radius 1 is 0.950 bits per heavy atom. The fourth-order valence-corrected chi connectivity index (χ4v) is 5.05. The lowest BCUT2D eigenvalue weighted by molar-refractivity contribution is -0.133. The molecule has 0 unspecified atom stereocenters. The summed E-state index contributed by atoms with van der Waals surface area (Å²) in [6.45, 7) is 2.97. The lowest BCUT2D eigenvalue weighted by Crippen LogP contribution is -2.46. The van der Waals surface area contributed by atoms with Gasteiger partial charge in [-0.15, -0.1) is 0 Å². The Morgan fingerprint density at radius 2 is 1.62 bits per heavy atom. The molecule has 1 atom stereocenters.